The van der Waals surface area contributed by atoms with Crippen LogP contribution < -0.4 is 0 Å². The lowest BCUT2D eigenvalue weighted by Crippen LogP contribution is -2.41. The highest BCUT2D eigenvalue weighted by Crippen LogP contribution is 2.40. The van der Waals surface area contributed by atoms with Crippen LogP contribution in [-0.2, 0) is 0 Å². The van der Waals surface area contributed by atoms with Gasteiger partial charge in [0, 0.05) is 36.1 Å². The maximum atomic E-state index is 6.24. The van der Waals surface area contributed by atoms with Crippen molar-refractivity contribution in [3.8, 4) is 0 Å². The molecule has 0 radical (unpaired) electrons. The zero-order valence-electron chi connectivity index (χ0n) is 14.9. The molecule has 0 spiro atoms. The Labute approximate surface area is 164 Å². The van der Waals surface area contributed by atoms with E-state index < -0.39 is 0 Å². The van der Waals surface area contributed by atoms with E-state index in [1.807, 2.05) is 37.4 Å². The quantitative estimate of drug-likeness (QED) is 0.725. The Kier molecular flexibility index (Phi) is 4.78. The fourth-order valence-corrected chi connectivity index (χ4v) is 4.43. The highest BCUT2D eigenvalue weighted by Gasteiger charge is 2.41. The van der Waals surface area contributed by atoms with Gasteiger partial charge >= 0.3 is 0 Å². The molecule has 2 aliphatic heterocycles. The minimum absolute atomic E-state index is 0.203. The molecule has 134 valence electrons. The molecule has 3 nitrogen and oxygen atoms in total. The van der Waals surface area contributed by atoms with Crippen molar-refractivity contribution in [3.63, 3.8) is 0 Å². The van der Waals surface area contributed by atoms with Crippen molar-refractivity contribution in [1.29, 1.82) is 0 Å². The molecule has 26 heavy (non-hydrogen) atoms. The lowest BCUT2D eigenvalue weighted by atomic mass is 9.83. The Morgan fingerprint density at radius 2 is 1.77 bits per heavy atom. The summed E-state index contributed by atoms with van der Waals surface area (Å²) in [5.41, 5.74) is 4.75. The molecule has 4 rings (SSSR count). The fraction of sp³-hybridized carbons (Fsp3) is 0.286. The van der Waals surface area contributed by atoms with Crippen LogP contribution in [0.2, 0.25) is 10.0 Å². The monoisotopic (exact) mass is 385 g/mol. The van der Waals surface area contributed by atoms with Gasteiger partial charge in [0.1, 0.15) is 0 Å². The Hall–Kier alpha value is -1.81. The summed E-state index contributed by atoms with van der Waals surface area (Å²) >= 11 is 12.4. The van der Waals surface area contributed by atoms with E-state index >= 15 is 0 Å². The highest BCUT2D eigenvalue weighted by molar-refractivity contribution is 6.31. The van der Waals surface area contributed by atoms with Gasteiger partial charge in [0.15, 0.2) is 0 Å². The average Bonchev–Trinajstić information content (AvgIpc) is 2.91. The van der Waals surface area contributed by atoms with Crippen molar-refractivity contribution >= 4 is 35.0 Å². The molecule has 2 aromatic carbocycles. The van der Waals surface area contributed by atoms with Gasteiger partial charge < -0.3 is 4.90 Å². The van der Waals surface area contributed by atoms with Crippen molar-refractivity contribution in [3.05, 3.63) is 75.3 Å². The number of rotatable bonds is 2. The van der Waals surface area contributed by atoms with Gasteiger partial charge in [-0.2, -0.15) is 5.10 Å². The van der Waals surface area contributed by atoms with Crippen molar-refractivity contribution in [1.82, 2.24) is 9.91 Å². The van der Waals surface area contributed by atoms with Crippen LogP contribution in [0.4, 0.5) is 0 Å². The van der Waals surface area contributed by atoms with E-state index in [1.165, 1.54) is 16.8 Å². The molecule has 2 atom stereocenters. The summed E-state index contributed by atoms with van der Waals surface area (Å²) in [6, 6.07) is 16.3. The Morgan fingerprint density at radius 3 is 2.50 bits per heavy atom. The van der Waals surface area contributed by atoms with E-state index in [4.69, 9.17) is 28.3 Å². The van der Waals surface area contributed by atoms with Gasteiger partial charge in [-0.3, -0.25) is 5.01 Å². The van der Waals surface area contributed by atoms with Gasteiger partial charge in [0.2, 0.25) is 0 Å². The number of hydrogen-bond donors (Lipinski definition) is 0. The van der Waals surface area contributed by atoms with Crippen molar-refractivity contribution < 1.29 is 0 Å². The Balaban J connectivity index is 1.71. The van der Waals surface area contributed by atoms with E-state index in [0.29, 0.717) is 5.92 Å². The molecule has 1 fully saturated rings. The second kappa shape index (κ2) is 7.07. The lowest BCUT2D eigenvalue weighted by Gasteiger charge is -2.34. The highest BCUT2D eigenvalue weighted by atomic mass is 35.5. The van der Waals surface area contributed by atoms with Crippen LogP contribution in [0.15, 0.2) is 59.2 Å². The predicted octanol–water partition coefficient (Wildman–Crippen LogP) is 4.98. The summed E-state index contributed by atoms with van der Waals surface area (Å²) in [5, 5.41) is 8.51. The molecule has 2 unspecified atom stereocenters. The lowest BCUT2D eigenvalue weighted by molar-refractivity contribution is 0.211. The van der Waals surface area contributed by atoms with Crippen LogP contribution in [0.25, 0.3) is 6.08 Å². The van der Waals surface area contributed by atoms with Crippen LogP contribution in [0, 0.1) is 5.92 Å². The van der Waals surface area contributed by atoms with E-state index in [2.05, 4.69) is 41.2 Å². The first kappa shape index (κ1) is 17.6. The minimum atomic E-state index is 0.203. The zero-order valence-corrected chi connectivity index (χ0v) is 16.4. The smallest absolute Gasteiger partial charge is 0.0814 e. The summed E-state index contributed by atoms with van der Waals surface area (Å²) in [5.74, 6) is 0.322. The van der Waals surface area contributed by atoms with Crippen LogP contribution >= 0.6 is 23.2 Å². The summed E-state index contributed by atoms with van der Waals surface area (Å²) in [7, 11) is 4.21. The fourth-order valence-electron chi connectivity index (χ4n) is 4.03. The number of halogens is 2. The van der Waals surface area contributed by atoms with E-state index in [1.54, 1.807) is 0 Å². The average molecular weight is 386 g/mol. The molecule has 0 bridgehead atoms. The van der Waals surface area contributed by atoms with Crippen molar-refractivity contribution in [2.45, 2.75) is 6.04 Å². The topological polar surface area (TPSA) is 18.8 Å². The van der Waals surface area contributed by atoms with E-state index in [0.717, 1.165) is 28.7 Å². The molecular formula is C21H21Cl2N3. The first-order valence-electron chi connectivity index (χ1n) is 8.73. The Morgan fingerprint density at radius 1 is 1.04 bits per heavy atom. The normalized spacial score (nSPS) is 24.7. The Bertz CT molecular complexity index is 890. The molecule has 2 aromatic rings. The third kappa shape index (κ3) is 3.39. The second-order valence-corrected chi connectivity index (χ2v) is 7.96. The number of likely N-dealkylation sites (tertiary alicyclic amines) is 1. The number of piperidine rings is 1. The molecule has 1 saturated heterocycles. The standard InChI is InChI=1S/C21H21Cl2N3/c1-25-12-16(9-14-5-3-7-17(22)10-14)20-19(13-25)21(26(2)24-20)15-6-4-8-18(23)11-15/h3-11,19,21H,12-13H2,1-2H3/b16-9+. The molecule has 0 aliphatic carbocycles. The molecule has 0 saturated carbocycles. The zero-order chi connectivity index (χ0) is 18.3. The van der Waals surface area contributed by atoms with Crippen LogP contribution in [-0.4, -0.2) is 42.8 Å². The molecule has 0 amide bonds. The SMILES string of the molecule is CN1C/C(=C\c2cccc(Cl)c2)C2=NN(C)C(c3cccc(Cl)c3)C2C1. The molecular weight excluding hydrogens is 365 g/mol. The number of nitrogens with zero attached hydrogens (tertiary/aromatic N) is 3. The molecule has 2 heterocycles. The maximum Gasteiger partial charge on any atom is 0.0814 e. The summed E-state index contributed by atoms with van der Waals surface area (Å²) in [6.45, 7) is 1.87. The van der Waals surface area contributed by atoms with Crippen LogP contribution in [0.3, 0.4) is 0 Å². The summed E-state index contributed by atoms with van der Waals surface area (Å²) in [6.07, 6.45) is 2.21. The molecule has 0 N–H and O–H groups in total. The third-order valence-corrected chi connectivity index (χ3v) is 5.53. The van der Waals surface area contributed by atoms with Gasteiger partial charge in [0.05, 0.1) is 11.8 Å². The summed E-state index contributed by atoms with van der Waals surface area (Å²) in [4.78, 5) is 2.36. The van der Waals surface area contributed by atoms with Gasteiger partial charge in [-0.1, -0.05) is 47.5 Å². The number of benzene rings is 2. The van der Waals surface area contributed by atoms with Crippen molar-refractivity contribution in [2.24, 2.45) is 11.0 Å². The van der Waals surface area contributed by atoms with E-state index in [-0.39, 0.29) is 6.04 Å². The first-order chi connectivity index (χ1) is 12.5. The molecule has 2 aliphatic rings. The minimum Gasteiger partial charge on any atom is -0.301 e. The number of likely N-dealkylation sites (N-methyl/N-ethyl adjacent to an activating group) is 1. The largest absolute Gasteiger partial charge is 0.301 e. The molecule has 5 heteroatoms. The summed E-state index contributed by atoms with van der Waals surface area (Å²) < 4.78 is 0. The van der Waals surface area contributed by atoms with Gasteiger partial charge in [0.25, 0.3) is 0 Å². The maximum absolute atomic E-state index is 6.24. The number of hydrazone groups is 1. The van der Waals surface area contributed by atoms with Crippen LogP contribution in [0.5, 0.6) is 0 Å². The van der Waals surface area contributed by atoms with Crippen molar-refractivity contribution in [2.75, 3.05) is 27.2 Å². The predicted molar refractivity (Wildman–Crippen MR) is 110 cm³/mol. The van der Waals surface area contributed by atoms with Gasteiger partial charge in [-0.05, 0) is 54.1 Å². The number of hydrogen-bond acceptors (Lipinski definition) is 3. The van der Waals surface area contributed by atoms with E-state index in [9.17, 15) is 0 Å². The molecule has 0 aromatic heterocycles. The van der Waals surface area contributed by atoms with Gasteiger partial charge in [-0.15, -0.1) is 0 Å². The number of fused-ring (bicyclic) bond motifs is 1. The second-order valence-electron chi connectivity index (χ2n) is 7.09. The van der Waals surface area contributed by atoms with Crippen LogP contribution in [0.1, 0.15) is 17.2 Å². The third-order valence-electron chi connectivity index (χ3n) is 5.06. The first-order valence-corrected chi connectivity index (χ1v) is 9.49. The van der Waals surface area contributed by atoms with Gasteiger partial charge in [-0.25, -0.2) is 0 Å².